The largest absolute Gasteiger partial charge is 0.309 e. The van der Waals surface area contributed by atoms with Gasteiger partial charge in [-0.2, -0.15) is 0 Å². The smallest absolute Gasteiger partial charge is 0.0715 e. The molecule has 0 aliphatic rings. The lowest BCUT2D eigenvalue weighted by Crippen LogP contribution is -1.95. The van der Waals surface area contributed by atoms with Crippen LogP contribution in [0.15, 0.2) is 261 Å². The number of hydrogen-bond donors (Lipinski definition) is 0. The van der Waals surface area contributed by atoms with Gasteiger partial charge in [-0.1, -0.05) is 188 Å². The van der Waals surface area contributed by atoms with Gasteiger partial charge >= 0.3 is 0 Å². The SMILES string of the molecule is c1ccc(-c2ccc(-c3cc(-c4ccc(-n5c6ccccc6c6cc(-c7ccc8c(c7)c7ccccc7n8-c7ccccc7)ccc65)cc4)cc(-c4ccc(-c5ccccc5)cc4)n3)cc2)cc1. The molecule has 3 heteroatoms. The fourth-order valence-corrected chi connectivity index (χ4v) is 10.2. The van der Waals surface area contributed by atoms with Crippen LogP contribution in [0.5, 0.6) is 0 Å². The Morgan fingerprint density at radius 1 is 0.206 bits per heavy atom. The summed E-state index contributed by atoms with van der Waals surface area (Å²) >= 11 is 0. The highest BCUT2D eigenvalue weighted by Crippen LogP contribution is 2.39. The van der Waals surface area contributed by atoms with Crippen molar-refractivity contribution in [3.05, 3.63) is 261 Å². The van der Waals surface area contributed by atoms with Crippen molar-refractivity contribution in [1.82, 2.24) is 14.1 Å². The summed E-state index contributed by atoms with van der Waals surface area (Å²) in [6.45, 7) is 0. The Labute approximate surface area is 395 Å². The summed E-state index contributed by atoms with van der Waals surface area (Å²) in [5, 5.41) is 4.97. The van der Waals surface area contributed by atoms with Gasteiger partial charge in [0, 0.05) is 44.0 Å². The van der Waals surface area contributed by atoms with Crippen LogP contribution in [0.1, 0.15) is 0 Å². The molecule has 10 aromatic carbocycles. The molecule has 3 aromatic heterocycles. The Morgan fingerprint density at radius 2 is 0.529 bits per heavy atom. The van der Waals surface area contributed by atoms with E-state index >= 15 is 0 Å². The second-order valence-electron chi connectivity index (χ2n) is 17.6. The van der Waals surface area contributed by atoms with Crippen LogP contribution in [0, 0.1) is 0 Å². The van der Waals surface area contributed by atoms with Gasteiger partial charge < -0.3 is 9.13 Å². The van der Waals surface area contributed by atoms with Crippen LogP contribution in [0.3, 0.4) is 0 Å². The zero-order chi connectivity index (χ0) is 45.0. The first-order valence-corrected chi connectivity index (χ1v) is 23.3. The van der Waals surface area contributed by atoms with Crippen molar-refractivity contribution in [1.29, 1.82) is 0 Å². The normalized spacial score (nSPS) is 11.5. The lowest BCUT2D eigenvalue weighted by atomic mass is 9.97. The molecule has 3 nitrogen and oxygen atoms in total. The molecule has 3 heterocycles. The number of fused-ring (bicyclic) bond motifs is 6. The van der Waals surface area contributed by atoms with Gasteiger partial charge in [-0.3, -0.25) is 0 Å². The summed E-state index contributed by atoms with van der Waals surface area (Å²) in [5.41, 5.74) is 20.5. The van der Waals surface area contributed by atoms with Crippen LogP contribution in [0.2, 0.25) is 0 Å². The lowest BCUT2D eigenvalue weighted by Gasteiger charge is -2.13. The molecule has 0 atom stereocenters. The van der Waals surface area contributed by atoms with E-state index in [-0.39, 0.29) is 0 Å². The third-order valence-corrected chi connectivity index (χ3v) is 13.6. The van der Waals surface area contributed by atoms with Crippen molar-refractivity contribution >= 4 is 43.6 Å². The Bertz CT molecular complexity index is 3860. The Hall–Kier alpha value is -9.05. The van der Waals surface area contributed by atoms with Gasteiger partial charge in [0.2, 0.25) is 0 Å². The molecular formula is C65H43N3. The van der Waals surface area contributed by atoms with E-state index in [4.69, 9.17) is 4.98 Å². The Morgan fingerprint density at radius 3 is 1.00 bits per heavy atom. The molecule has 0 saturated heterocycles. The lowest BCUT2D eigenvalue weighted by molar-refractivity contribution is 1.18. The maximum absolute atomic E-state index is 5.30. The minimum absolute atomic E-state index is 0.938. The Kier molecular flexibility index (Phi) is 9.50. The van der Waals surface area contributed by atoms with Gasteiger partial charge in [-0.05, 0) is 117 Å². The second-order valence-corrected chi connectivity index (χ2v) is 17.6. The predicted octanol–water partition coefficient (Wildman–Crippen LogP) is 17.3. The highest BCUT2D eigenvalue weighted by molar-refractivity contribution is 6.12. The van der Waals surface area contributed by atoms with Crippen molar-refractivity contribution in [3.8, 4) is 78.4 Å². The van der Waals surface area contributed by atoms with E-state index in [1.807, 2.05) is 0 Å². The van der Waals surface area contributed by atoms with E-state index in [0.717, 1.165) is 39.3 Å². The topological polar surface area (TPSA) is 22.8 Å². The number of pyridine rings is 1. The highest BCUT2D eigenvalue weighted by atomic mass is 15.0. The van der Waals surface area contributed by atoms with Gasteiger partial charge in [-0.15, -0.1) is 0 Å². The molecular weight excluding hydrogens is 823 g/mol. The minimum atomic E-state index is 0.938. The molecule has 0 bridgehead atoms. The van der Waals surface area contributed by atoms with Gasteiger partial charge in [0.1, 0.15) is 0 Å². The molecule has 0 fully saturated rings. The molecule has 0 spiro atoms. The van der Waals surface area contributed by atoms with E-state index in [9.17, 15) is 0 Å². The average molecular weight is 866 g/mol. The van der Waals surface area contributed by atoms with Crippen molar-refractivity contribution in [2.75, 3.05) is 0 Å². The van der Waals surface area contributed by atoms with Crippen LogP contribution in [0.25, 0.3) is 122 Å². The van der Waals surface area contributed by atoms with Gasteiger partial charge in [0.15, 0.2) is 0 Å². The molecule has 68 heavy (non-hydrogen) atoms. The molecule has 0 amide bonds. The maximum atomic E-state index is 5.30. The van der Waals surface area contributed by atoms with Crippen LogP contribution in [0.4, 0.5) is 0 Å². The fraction of sp³-hybridized carbons (Fsp3) is 0. The van der Waals surface area contributed by atoms with E-state index < -0.39 is 0 Å². The predicted molar refractivity (Wildman–Crippen MR) is 286 cm³/mol. The molecule has 0 aliphatic heterocycles. The van der Waals surface area contributed by atoms with Crippen molar-refractivity contribution in [2.45, 2.75) is 0 Å². The van der Waals surface area contributed by atoms with Crippen molar-refractivity contribution in [2.24, 2.45) is 0 Å². The summed E-state index contributed by atoms with van der Waals surface area (Å²) in [5.74, 6) is 0. The molecule has 0 unspecified atom stereocenters. The molecule has 13 rings (SSSR count). The van der Waals surface area contributed by atoms with Crippen LogP contribution in [-0.2, 0) is 0 Å². The van der Waals surface area contributed by atoms with E-state index in [1.54, 1.807) is 0 Å². The van der Waals surface area contributed by atoms with Gasteiger partial charge in [0.25, 0.3) is 0 Å². The molecule has 0 aliphatic carbocycles. The molecule has 13 aromatic rings. The average Bonchev–Trinajstić information content (AvgIpc) is 3.94. The molecule has 0 N–H and O–H groups in total. The van der Waals surface area contributed by atoms with Crippen LogP contribution in [-0.4, -0.2) is 14.1 Å². The van der Waals surface area contributed by atoms with Crippen LogP contribution < -0.4 is 0 Å². The van der Waals surface area contributed by atoms with Gasteiger partial charge in [0.05, 0.1) is 33.5 Å². The standard InChI is InChI=1S/C65H43N3/c1-4-14-44(15-5-1)46-24-28-49(29-25-46)60-42-53(43-61(66-60)50-30-26-47(27-31-50)45-16-6-2-7-17-45)48-32-36-55(37-33-48)68-63-23-13-11-21-57(63)59-41-52(35-39-65(59)68)51-34-38-64-58(40-51)56-20-10-12-22-62(56)67(64)54-18-8-3-9-19-54/h1-43H. The second kappa shape index (κ2) is 16.4. The number of aromatic nitrogens is 3. The van der Waals surface area contributed by atoms with E-state index in [2.05, 4.69) is 270 Å². The third-order valence-electron chi connectivity index (χ3n) is 13.6. The highest BCUT2D eigenvalue weighted by Gasteiger charge is 2.17. The molecule has 0 radical (unpaired) electrons. The summed E-state index contributed by atoms with van der Waals surface area (Å²) in [6, 6.07) is 94.1. The number of benzene rings is 10. The number of para-hydroxylation sites is 3. The monoisotopic (exact) mass is 865 g/mol. The van der Waals surface area contributed by atoms with Crippen molar-refractivity contribution < 1.29 is 0 Å². The quantitative estimate of drug-likeness (QED) is 0.149. The molecule has 0 saturated carbocycles. The summed E-state index contributed by atoms with van der Waals surface area (Å²) in [4.78, 5) is 5.30. The van der Waals surface area contributed by atoms with Gasteiger partial charge in [-0.25, -0.2) is 4.98 Å². The van der Waals surface area contributed by atoms with Crippen molar-refractivity contribution in [3.63, 3.8) is 0 Å². The summed E-state index contributed by atoms with van der Waals surface area (Å²) < 4.78 is 4.78. The minimum Gasteiger partial charge on any atom is -0.309 e. The fourth-order valence-electron chi connectivity index (χ4n) is 10.2. The first-order valence-electron chi connectivity index (χ1n) is 23.3. The Balaban J connectivity index is 0.881. The summed E-state index contributed by atoms with van der Waals surface area (Å²) in [6.07, 6.45) is 0. The number of nitrogens with zero attached hydrogens (tertiary/aromatic N) is 3. The van der Waals surface area contributed by atoms with E-state index in [0.29, 0.717) is 0 Å². The first-order chi connectivity index (χ1) is 33.7. The summed E-state index contributed by atoms with van der Waals surface area (Å²) in [7, 11) is 0. The first kappa shape index (κ1) is 39.3. The third kappa shape index (κ3) is 6.88. The zero-order valence-corrected chi connectivity index (χ0v) is 37.2. The van der Waals surface area contributed by atoms with Crippen LogP contribution >= 0.6 is 0 Å². The molecule has 318 valence electrons. The maximum Gasteiger partial charge on any atom is 0.0715 e. The number of hydrogen-bond acceptors (Lipinski definition) is 1. The number of rotatable bonds is 8. The van der Waals surface area contributed by atoms with E-state index in [1.165, 1.54) is 82.7 Å². The zero-order valence-electron chi connectivity index (χ0n) is 37.2.